The number of para-hydroxylation sites is 2. The average molecular weight is 704 g/mol. The van der Waals surface area contributed by atoms with Crippen molar-refractivity contribution in [3.05, 3.63) is 83.6 Å². The van der Waals surface area contributed by atoms with Crippen LogP contribution < -0.4 is 15.5 Å². The Kier molecular flexibility index (Phi) is 8.04. The number of benzene rings is 3. The largest absolute Gasteiger partial charge is 0.506 e. The van der Waals surface area contributed by atoms with Crippen molar-refractivity contribution in [1.29, 1.82) is 0 Å². The minimum atomic E-state index is -0.388. The fourth-order valence-corrected chi connectivity index (χ4v) is 9.49. The summed E-state index contributed by atoms with van der Waals surface area (Å²) in [6.07, 6.45) is 1.91. The second-order valence-electron chi connectivity index (χ2n) is 14.9. The molecule has 0 unspecified atom stereocenters. The van der Waals surface area contributed by atoms with Gasteiger partial charge in [-0.3, -0.25) is 5.32 Å². The van der Waals surface area contributed by atoms with Crippen LogP contribution in [-0.2, 0) is 5.41 Å². The van der Waals surface area contributed by atoms with Gasteiger partial charge in [0.25, 0.3) is 0 Å². The number of carbonyl (C=O) groups excluding carboxylic acids is 1. The molecule has 5 heterocycles. The molecule has 0 saturated carbocycles. The van der Waals surface area contributed by atoms with Crippen molar-refractivity contribution in [2.24, 2.45) is 5.41 Å². The highest BCUT2D eigenvalue weighted by Crippen LogP contribution is 2.57. The maximum Gasteiger partial charge on any atom is 0.325 e. The quantitative estimate of drug-likeness (QED) is 0.164. The van der Waals surface area contributed by atoms with Crippen LogP contribution >= 0.6 is 22.7 Å². The highest BCUT2D eigenvalue weighted by Gasteiger charge is 2.49. The molecule has 50 heavy (non-hydrogen) atoms. The third kappa shape index (κ3) is 6.07. The first-order valence-corrected chi connectivity index (χ1v) is 18.7. The second-order valence-corrected chi connectivity index (χ2v) is 16.9. The summed E-state index contributed by atoms with van der Waals surface area (Å²) in [4.78, 5) is 33.2. The van der Waals surface area contributed by atoms with Gasteiger partial charge in [-0.05, 0) is 105 Å². The Morgan fingerprint density at radius 3 is 2.52 bits per heavy atom. The maximum absolute atomic E-state index is 13.4. The van der Waals surface area contributed by atoms with Crippen molar-refractivity contribution in [1.82, 2.24) is 19.9 Å². The number of amides is 2. The lowest BCUT2D eigenvalue weighted by Crippen LogP contribution is -2.47. The molecule has 0 atom stereocenters. The van der Waals surface area contributed by atoms with E-state index in [1.54, 1.807) is 17.4 Å². The zero-order valence-corrected chi connectivity index (χ0v) is 30.6. The molecule has 0 bridgehead atoms. The molecule has 2 aliphatic rings. The number of pyridine rings is 1. The summed E-state index contributed by atoms with van der Waals surface area (Å²) in [6.45, 7) is 14.6. The number of aromatic nitrogens is 3. The number of fused-ring (bicyclic) bond motifs is 4. The molecular formula is C39H41N7O2S2. The smallest absolute Gasteiger partial charge is 0.325 e. The highest BCUT2D eigenvalue weighted by atomic mass is 32.1. The summed E-state index contributed by atoms with van der Waals surface area (Å²) in [5.74, 6) is 0.228. The molecule has 0 radical (unpaired) electrons. The number of urea groups is 1. The number of rotatable bonds is 5. The van der Waals surface area contributed by atoms with E-state index in [1.807, 2.05) is 43.3 Å². The zero-order valence-electron chi connectivity index (χ0n) is 29.0. The molecule has 2 aliphatic heterocycles. The number of anilines is 4. The number of nitrogens with one attached hydrogen (secondary N) is 2. The molecule has 3 aromatic carbocycles. The maximum atomic E-state index is 13.4. The van der Waals surface area contributed by atoms with Crippen molar-refractivity contribution in [3.63, 3.8) is 0 Å². The Hall–Kier alpha value is -4.58. The topological polar surface area (TPSA) is 107 Å². The standard InChI is InChI=1S/C39H41N7O2S2/c1-23-10-15-31-28(20-23)41-34(49-31)25-12-14-30(47)33-32(25)39(16-18-45(19-17-39)21-38(3,4)5)22-46(33)29-9-7-6-8-26(29)42-36(48)44-37-43-27-13-11-24(2)40-35(27)50-37/h6-15,20,47H,16-19,21-22H2,1-5H3,(H2,42,43,44,48). The van der Waals surface area contributed by atoms with Gasteiger partial charge in [-0.1, -0.05) is 50.3 Å². The van der Waals surface area contributed by atoms with E-state index in [0.29, 0.717) is 17.4 Å². The van der Waals surface area contributed by atoms with Gasteiger partial charge in [-0.25, -0.2) is 19.7 Å². The molecule has 3 aromatic heterocycles. The Balaban J connectivity index is 1.18. The summed E-state index contributed by atoms with van der Waals surface area (Å²) < 4.78 is 1.15. The normalized spacial score (nSPS) is 16.0. The van der Waals surface area contributed by atoms with E-state index < -0.39 is 0 Å². The molecule has 6 aromatic rings. The van der Waals surface area contributed by atoms with Crippen LogP contribution in [0.1, 0.15) is 50.4 Å². The van der Waals surface area contributed by atoms with Crippen LogP contribution in [0.25, 0.3) is 31.1 Å². The number of phenolic OH excluding ortho intramolecular Hbond substituents is 1. The lowest BCUT2D eigenvalue weighted by molar-refractivity contribution is 0.125. The number of thiazole rings is 2. The molecule has 0 aliphatic carbocycles. The van der Waals surface area contributed by atoms with Crippen molar-refractivity contribution < 1.29 is 9.90 Å². The number of hydrogen-bond acceptors (Lipinski definition) is 9. The first-order valence-electron chi connectivity index (χ1n) is 17.1. The van der Waals surface area contributed by atoms with Gasteiger partial charge in [0.05, 0.1) is 27.3 Å². The van der Waals surface area contributed by atoms with Gasteiger partial charge >= 0.3 is 6.03 Å². The number of phenols is 1. The van der Waals surface area contributed by atoms with Crippen LogP contribution in [0.5, 0.6) is 5.75 Å². The molecule has 1 saturated heterocycles. The van der Waals surface area contributed by atoms with Gasteiger partial charge < -0.3 is 20.2 Å². The second kappa shape index (κ2) is 12.3. The van der Waals surface area contributed by atoms with Crippen molar-refractivity contribution in [2.75, 3.05) is 41.7 Å². The van der Waals surface area contributed by atoms with E-state index in [2.05, 4.69) is 82.4 Å². The number of aryl methyl sites for hydroxylation is 2. The van der Waals surface area contributed by atoms with Crippen LogP contribution in [0.4, 0.5) is 27.0 Å². The van der Waals surface area contributed by atoms with Crippen LogP contribution in [0.3, 0.4) is 0 Å². The molecule has 2 amide bonds. The number of carbonyl (C=O) groups is 1. The van der Waals surface area contributed by atoms with Gasteiger partial charge in [0.15, 0.2) is 5.13 Å². The lowest BCUT2D eigenvalue weighted by atomic mass is 9.72. The molecule has 256 valence electrons. The third-order valence-corrected chi connectivity index (χ3v) is 11.7. The van der Waals surface area contributed by atoms with Gasteiger partial charge in [0.1, 0.15) is 21.1 Å². The number of nitrogens with zero attached hydrogens (tertiary/aromatic N) is 5. The van der Waals surface area contributed by atoms with Gasteiger partial charge in [0.2, 0.25) is 0 Å². The van der Waals surface area contributed by atoms with Crippen molar-refractivity contribution in [3.8, 4) is 16.3 Å². The van der Waals surface area contributed by atoms with E-state index in [1.165, 1.54) is 16.9 Å². The number of hydrogen-bond donors (Lipinski definition) is 3. The van der Waals surface area contributed by atoms with Crippen molar-refractivity contribution >= 4 is 71.5 Å². The zero-order chi connectivity index (χ0) is 34.8. The van der Waals surface area contributed by atoms with Crippen LogP contribution in [0.15, 0.2) is 66.7 Å². The number of piperidine rings is 1. The van der Waals surface area contributed by atoms with E-state index in [4.69, 9.17) is 4.98 Å². The summed E-state index contributed by atoms with van der Waals surface area (Å²) >= 11 is 3.05. The Morgan fingerprint density at radius 2 is 1.72 bits per heavy atom. The van der Waals surface area contributed by atoms with Gasteiger partial charge in [0, 0.05) is 29.8 Å². The van der Waals surface area contributed by atoms with Gasteiger partial charge in [-0.2, -0.15) is 0 Å². The summed E-state index contributed by atoms with van der Waals surface area (Å²) in [6, 6.07) is 21.5. The molecule has 1 spiro atoms. The SMILES string of the molecule is Cc1ccc2sc(-c3ccc(O)c4c3C3(CCN(CC(C)(C)C)CC3)CN4c3ccccc3NC(=O)Nc3nc4ccc(C)nc4s3)nc2c1. The predicted octanol–water partition coefficient (Wildman–Crippen LogP) is 9.47. The lowest BCUT2D eigenvalue weighted by Gasteiger charge is -2.42. The molecule has 1 fully saturated rings. The van der Waals surface area contributed by atoms with E-state index in [9.17, 15) is 9.90 Å². The number of aromatic hydroxyl groups is 1. The highest BCUT2D eigenvalue weighted by molar-refractivity contribution is 7.22. The molecule has 9 nitrogen and oxygen atoms in total. The average Bonchev–Trinajstić information content (AvgIpc) is 3.76. The van der Waals surface area contributed by atoms with E-state index in [0.717, 1.165) is 86.2 Å². The minimum Gasteiger partial charge on any atom is -0.506 e. The molecule has 8 rings (SSSR count). The fraction of sp³-hybridized carbons (Fsp3) is 0.333. The first-order chi connectivity index (χ1) is 23.9. The summed E-state index contributed by atoms with van der Waals surface area (Å²) in [5, 5.41) is 19.2. The minimum absolute atomic E-state index is 0.207. The van der Waals surface area contributed by atoms with Gasteiger partial charge in [-0.15, -0.1) is 11.3 Å². The predicted molar refractivity (Wildman–Crippen MR) is 207 cm³/mol. The fourth-order valence-electron chi connectivity index (χ4n) is 7.63. The Morgan fingerprint density at radius 1 is 0.920 bits per heavy atom. The molecule has 3 N–H and O–H groups in total. The van der Waals surface area contributed by atoms with Crippen LogP contribution in [-0.4, -0.2) is 57.2 Å². The van der Waals surface area contributed by atoms with E-state index in [-0.39, 0.29) is 22.6 Å². The Bertz CT molecular complexity index is 2260. The monoisotopic (exact) mass is 703 g/mol. The third-order valence-electron chi connectivity index (χ3n) is 9.76. The molecule has 11 heteroatoms. The number of likely N-dealkylation sites (tertiary alicyclic amines) is 1. The van der Waals surface area contributed by atoms with E-state index >= 15 is 0 Å². The van der Waals surface area contributed by atoms with Crippen LogP contribution in [0.2, 0.25) is 0 Å². The van der Waals surface area contributed by atoms with Crippen LogP contribution in [0, 0.1) is 19.3 Å². The summed E-state index contributed by atoms with van der Waals surface area (Å²) in [7, 11) is 0. The first kappa shape index (κ1) is 32.6. The Labute approximate surface area is 300 Å². The molecular weight excluding hydrogens is 663 g/mol. The van der Waals surface area contributed by atoms with Crippen molar-refractivity contribution in [2.45, 2.75) is 52.9 Å². The summed E-state index contributed by atoms with van der Waals surface area (Å²) in [5.41, 5.74) is 8.32.